The van der Waals surface area contributed by atoms with Crippen molar-refractivity contribution in [3.8, 4) is 0 Å². The van der Waals surface area contributed by atoms with E-state index in [0.717, 1.165) is 24.3 Å². The predicted molar refractivity (Wildman–Crippen MR) is 91.3 cm³/mol. The van der Waals surface area contributed by atoms with Gasteiger partial charge in [-0.25, -0.2) is 9.78 Å². The molecule has 0 aliphatic heterocycles. The molecule has 0 radical (unpaired) electrons. The van der Waals surface area contributed by atoms with E-state index in [9.17, 15) is 9.59 Å². The van der Waals surface area contributed by atoms with Crippen LogP contribution in [0, 0.1) is 0 Å². The summed E-state index contributed by atoms with van der Waals surface area (Å²) in [7, 11) is 0. The zero-order chi connectivity index (χ0) is 16.9. The van der Waals surface area contributed by atoms with Gasteiger partial charge in [-0.05, 0) is 18.6 Å². The van der Waals surface area contributed by atoms with Gasteiger partial charge in [-0.15, -0.1) is 0 Å². The average molecular weight is 343 g/mol. The standard InChI is InChI=1S/C17H17N3O3S/c1-2-3-9-14-19-20-15(21)10-13(18-17(20)24-14)11-23-16(22)12-7-5-4-6-8-12/h4-8,10H,2-3,9,11H2,1H3. The van der Waals surface area contributed by atoms with Crippen LogP contribution in [-0.2, 0) is 17.8 Å². The molecule has 6 nitrogen and oxygen atoms in total. The molecule has 0 unspecified atom stereocenters. The lowest BCUT2D eigenvalue weighted by Gasteiger charge is -2.04. The van der Waals surface area contributed by atoms with Crippen molar-refractivity contribution < 1.29 is 9.53 Å². The van der Waals surface area contributed by atoms with Crippen LogP contribution in [0.2, 0.25) is 0 Å². The SMILES string of the molecule is CCCCc1nn2c(=O)cc(COC(=O)c3ccccc3)nc2s1. The first-order chi connectivity index (χ1) is 11.7. The number of carbonyl (C=O) groups excluding carboxylic acids is 1. The molecule has 1 aromatic carbocycles. The molecule has 0 bridgehead atoms. The maximum absolute atomic E-state index is 12.1. The summed E-state index contributed by atoms with van der Waals surface area (Å²) < 4.78 is 6.53. The monoisotopic (exact) mass is 343 g/mol. The molecule has 0 saturated heterocycles. The van der Waals surface area contributed by atoms with Crippen molar-refractivity contribution in [2.24, 2.45) is 0 Å². The van der Waals surface area contributed by atoms with Crippen LogP contribution in [0.15, 0.2) is 41.2 Å². The summed E-state index contributed by atoms with van der Waals surface area (Å²) in [6, 6.07) is 10.1. The minimum atomic E-state index is -0.439. The van der Waals surface area contributed by atoms with Gasteiger partial charge in [0.2, 0.25) is 4.96 Å². The van der Waals surface area contributed by atoms with Crippen molar-refractivity contribution in [2.75, 3.05) is 0 Å². The number of benzene rings is 1. The Morgan fingerprint density at radius 2 is 2.08 bits per heavy atom. The van der Waals surface area contributed by atoms with E-state index in [0.29, 0.717) is 16.2 Å². The Balaban J connectivity index is 1.75. The lowest BCUT2D eigenvalue weighted by atomic mass is 10.2. The van der Waals surface area contributed by atoms with Crippen LogP contribution in [-0.4, -0.2) is 20.6 Å². The third kappa shape index (κ3) is 3.68. The lowest BCUT2D eigenvalue weighted by Crippen LogP contribution is -2.16. The van der Waals surface area contributed by atoms with Crippen molar-refractivity contribution in [3.63, 3.8) is 0 Å². The largest absolute Gasteiger partial charge is 0.456 e. The number of unbranched alkanes of at least 4 members (excludes halogenated alkanes) is 1. The summed E-state index contributed by atoms with van der Waals surface area (Å²) in [5, 5.41) is 5.17. The molecule has 2 heterocycles. The Morgan fingerprint density at radius 1 is 1.29 bits per heavy atom. The van der Waals surface area contributed by atoms with Crippen LogP contribution in [0.3, 0.4) is 0 Å². The van der Waals surface area contributed by atoms with E-state index < -0.39 is 5.97 Å². The molecule has 0 saturated carbocycles. The third-order valence-corrected chi connectivity index (χ3v) is 4.41. The van der Waals surface area contributed by atoms with Crippen molar-refractivity contribution in [3.05, 3.63) is 63.0 Å². The van der Waals surface area contributed by atoms with E-state index in [1.54, 1.807) is 24.3 Å². The summed E-state index contributed by atoms with van der Waals surface area (Å²) in [5.74, 6) is -0.439. The molecule has 0 spiro atoms. The number of nitrogens with zero attached hydrogens (tertiary/aromatic N) is 3. The topological polar surface area (TPSA) is 73.6 Å². The van der Waals surface area contributed by atoms with Gasteiger partial charge < -0.3 is 4.74 Å². The van der Waals surface area contributed by atoms with Crippen LogP contribution < -0.4 is 5.56 Å². The van der Waals surface area contributed by atoms with Crippen molar-refractivity contribution in [1.29, 1.82) is 0 Å². The molecule has 0 atom stereocenters. The maximum Gasteiger partial charge on any atom is 0.338 e. The van der Waals surface area contributed by atoms with Crippen LogP contribution in [0.1, 0.15) is 40.8 Å². The Hall–Kier alpha value is -2.54. The second-order valence-corrected chi connectivity index (χ2v) is 6.36. The molecule has 3 aromatic rings. The normalized spacial score (nSPS) is 10.9. The highest BCUT2D eigenvalue weighted by atomic mass is 32.1. The zero-order valence-corrected chi connectivity index (χ0v) is 14.1. The number of rotatable bonds is 6. The Labute approximate surface area is 142 Å². The molecule has 0 aliphatic carbocycles. The Morgan fingerprint density at radius 3 is 2.83 bits per heavy atom. The van der Waals surface area contributed by atoms with Gasteiger partial charge in [-0.2, -0.15) is 9.61 Å². The van der Waals surface area contributed by atoms with E-state index in [1.165, 1.54) is 21.9 Å². The molecule has 0 aliphatic rings. The fraction of sp³-hybridized carbons (Fsp3) is 0.294. The number of aromatic nitrogens is 3. The summed E-state index contributed by atoms with van der Waals surface area (Å²) in [6.45, 7) is 2.07. The minimum absolute atomic E-state index is 0.0400. The molecule has 24 heavy (non-hydrogen) atoms. The number of fused-ring (bicyclic) bond motifs is 1. The van der Waals surface area contributed by atoms with Gasteiger partial charge in [0.15, 0.2) is 0 Å². The zero-order valence-electron chi connectivity index (χ0n) is 13.3. The second kappa shape index (κ2) is 7.35. The number of hydrogen-bond donors (Lipinski definition) is 0. The van der Waals surface area contributed by atoms with E-state index in [-0.39, 0.29) is 12.2 Å². The number of esters is 1. The highest BCUT2D eigenvalue weighted by Gasteiger charge is 2.11. The van der Waals surface area contributed by atoms with E-state index >= 15 is 0 Å². The van der Waals surface area contributed by atoms with Crippen molar-refractivity contribution in [1.82, 2.24) is 14.6 Å². The van der Waals surface area contributed by atoms with Crippen molar-refractivity contribution >= 4 is 22.3 Å². The third-order valence-electron chi connectivity index (χ3n) is 3.44. The smallest absolute Gasteiger partial charge is 0.338 e. The predicted octanol–water partition coefficient (Wildman–Crippen LogP) is 2.85. The number of carbonyl (C=O) groups is 1. The van der Waals surface area contributed by atoms with Gasteiger partial charge in [-0.3, -0.25) is 4.79 Å². The maximum atomic E-state index is 12.1. The summed E-state index contributed by atoms with van der Waals surface area (Å²) in [6.07, 6.45) is 2.93. The molecule has 2 aromatic heterocycles. The minimum Gasteiger partial charge on any atom is -0.456 e. The number of hydrogen-bond acceptors (Lipinski definition) is 6. The molecular formula is C17H17N3O3S. The highest BCUT2D eigenvalue weighted by molar-refractivity contribution is 7.16. The van der Waals surface area contributed by atoms with Gasteiger partial charge in [0.25, 0.3) is 5.56 Å². The van der Waals surface area contributed by atoms with Crippen LogP contribution in [0.25, 0.3) is 4.96 Å². The van der Waals surface area contributed by atoms with Crippen LogP contribution in [0.5, 0.6) is 0 Å². The van der Waals surface area contributed by atoms with E-state index in [2.05, 4.69) is 17.0 Å². The highest BCUT2D eigenvalue weighted by Crippen LogP contribution is 2.14. The molecule has 7 heteroatoms. The Bertz CT molecular complexity index is 902. The van der Waals surface area contributed by atoms with Crippen molar-refractivity contribution in [2.45, 2.75) is 32.8 Å². The fourth-order valence-electron chi connectivity index (χ4n) is 2.20. The van der Waals surface area contributed by atoms with Gasteiger partial charge in [0.1, 0.15) is 11.6 Å². The van der Waals surface area contributed by atoms with Gasteiger partial charge in [0.05, 0.1) is 11.3 Å². The van der Waals surface area contributed by atoms with Crippen LogP contribution >= 0.6 is 11.3 Å². The molecule has 0 fully saturated rings. The van der Waals surface area contributed by atoms with Gasteiger partial charge >= 0.3 is 5.97 Å². The summed E-state index contributed by atoms with van der Waals surface area (Å²) in [4.78, 5) is 29.0. The first-order valence-corrected chi connectivity index (χ1v) is 8.60. The average Bonchev–Trinajstić information content (AvgIpc) is 3.02. The van der Waals surface area contributed by atoms with Gasteiger partial charge in [-0.1, -0.05) is 42.9 Å². The molecular weight excluding hydrogens is 326 g/mol. The van der Waals surface area contributed by atoms with Gasteiger partial charge in [0, 0.05) is 12.5 Å². The fourth-order valence-corrected chi connectivity index (χ4v) is 3.16. The summed E-state index contributed by atoms with van der Waals surface area (Å²) >= 11 is 1.40. The lowest BCUT2D eigenvalue weighted by molar-refractivity contribution is 0.0468. The number of ether oxygens (including phenoxy) is 1. The first-order valence-electron chi connectivity index (χ1n) is 7.78. The molecule has 0 amide bonds. The van der Waals surface area contributed by atoms with E-state index in [4.69, 9.17) is 4.74 Å². The summed E-state index contributed by atoms with van der Waals surface area (Å²) in [5.41, 5.74) is 0.634. The Kier molecular flexibility index (Phi) is 5.00. The quantitative estimate of drug-likeness (QED) is 0.644. The molecule has 0 N–H and O–H groups in total. The van der Waals surface area contributed by atoms with E-state index in [1.807, 2.05) is 6.07 Å². The first kappa shape index (κ1) is 16.3. The number of aryl methyl sites for hydroxylation is 1. The van der Waals surface area contributed by atoms with Crippen LogP contribution in [0.4, 0.5) is 0 Å². The second-order valence-electron chi connectivity index (χ2n) is 5.32. The molecule has 124 valence electrons. The molecule has 3 rings (SSSR count).